The lowest BCUT2D eigenvalue weighted by atomic mass is 10.0. The Labute approximate surface area is 152 Å². The molecule has 138 valence electrons. The fraction of sp³-hybridized carbons (Fsp3) is 0.450. The number of aromatic nitrogens is 2. The van der Waals surface area contributed by atoms with Crippen molar-refractivity contribution in [2.75, 3.05) is 31.1 Å². The maximum Gasteiger partial charge on any atom is 0.319 e. The molecule has 0 N–H and O–H groups in total. The fourth-order valence-corrected chi connectivity index (χ4v) is 3.92. The molecule has 2 aromatic heterocycles. The number of fused-ring (bicyclic) bond motifs is 3. The zero-order chi connectivity index (χ0) is 18.5. The summed E-state index contributed by atoms with van der Waals surface area (Å²) in [6.07, 6.45) is 3.23. The summed E-state index contributed by atoms with van der Waals surface area (Å²) in [6.45, 7) is 7.85. The summed E-state index contributed by atoms with van der Waals surface area (Å²) in [4.78, 5) is 8.85. The molecule has 4 rings (SSSR count). The van der Waals surface area contributed by atoms with Gasteiger partial charge in [-0.1, -0.05) is 6.07 Å². The van der Waals surface area contributed by atoms with Gasteiger partial charge in [0, 0.05) is 60.6 Å². The van der Waals surface area contributed by atoms with E-state index >= 15 is 0 Å². The molecule has 0 saturated carbocycles. The van der Waals surface area contributed by atoms with Crippen molar-refractivity contribution in [3.05, 3.63) is 36.7 Å². The summed E-state index contributed by atoms with van der Waals surface area (Å²) in [5.74, 6) is 0. The third-order valence-electron chi connectivity index (χ3n) is 5.38. The second kappa shape index (κ2) is 6.20. The molecule has 4 nitrogen and oxygen atoms in total. The van der Waals surface area contributed by atoms with Crippen LogP contribution < -0.4 is 4.90 Å². The molecule has 26 heavy (non-hydrogen) atoms. The van der Waals surface area contributed by atoms with Gasteiger partial charge in [-0.15, -0.1) is 0 Å². The summed E-state index contributed by atoms with van der Waals surface area (Å²) in [5, 5.41) is 1.59. The molecule has 0 atom stereocenters. The molecule has 0 amide bonds. The highest BCUT2D eigenvalue weighted by atomic mass is 19.3. The summed E-state index contributed by atoms with van der Waals surface area (Å²) < 4.78 is 28.6. The minimum Gasteiger partial charge on any atom is -0.369 e. The van der Waals surface area contributed by atoms with Crippen molar-refractivity contribution in [2.24, 2.45) is 0 Å². The smallest absolute Gasteiger partial charge is 0.319 e. The molecule has 1 aromatic carbocycles. The standard InChI is InChI=1S/C20H24F2N4/c1-20(2,3)25-10-8-24(9-11-25)14-4-5-15-16-13-23-7-6-17(16)26(19(21)22)18(15)12-14/h4-7,12-13,19H,8-11H2,1-3H3. The predicted octanol–water partition coefficient (Wildman–Crippen LogP) is 4.51. The van der Waals surface area contributed by atoms with E-state index in [1.165, 1.54) is 0 Å². The summed E-state index contributed by atoms with van der Waals surface area (Å²) in [7, 11) is 0. The third kappa shape index (κ3) is 2.82. The number of anilines is 1. The van der Waals surface area contributed by atoms with Crippen LogP contribution in [0.1, 0.15) is 27.3 Å². The molecule has 0 spiro atoms. The normalized spacial score (nSPS) is 16.9. The van der Waals surface area contributed by atoms with Crippen LogP contribution in [0.2, 0.25) is 0 Å². The number of pyridine rings is 1. The number of nitrogens with zero attached hydrogens (tertiary/aromatic N) is 4. The molecule has 0 bridgehead atoms. The molecule has 0 unspecified atom stereocenters. The van der Waals surface area contributed by atoms with Crippen molar-refractivity contribution in [1.82, 2.24) is 14.5 Å². The predicted molar refractivity (Wildman–Crippen MR) is 102 cm³/mol. The van der Waals surface area contributed by atoms with Crippen LogP contribution in [0.3, 0.4) is 0 Å². The van der Waals surface area contributed by atoms with Crippen LogP contribution in [-0.2, 0) is 0 Å². The van der Waals surface area contributed by atoms with Gasteiger partial charge in [-0.3, -0.25) is 14.5 Å². The van der Waals surface area contributed by atoms with Gasteiger partial charge >= 0.3 is 6.55 Å². The van der Waals surface area contributed by atoms with Crippen molar-refractivity contribution < 1.29 is 8.78 Å². The Hall–Kier alpha value is -2.21. The van der Waals surface area contributed by atoms with Gasteiger partial charge in [0.2, 0.25) is 0 Å². The highest BCUT2D eigenvalue weighted by Gasteiger charge is 2.26. The van der Waals surface area contributed by atoms with Crippen molar-refractivity contribution in [2.45, 2.75) is 32.9 Å². The summed E-state index contributed by atoms with van der Waals surface area (Å²) in [6, 6.07) is 7.54. The van der Waals surface area contributed by atoms with Gasteiger partial charge in [-0.2, -0.15) is 8.78 Å². The quantitative estimate of drug-likeness (QED) is 0.674. The third-order valence-corrected chi connectivity index (χ3v) is 5.38. The van der Waals surface area contributed by atoms with Crippen LogP contribution in [-0.4, -0.2) is 46.2 Å². The lowest BCUT2D eigenvalue weighted by Gasteiger charge is -2.43. The number of halogens is 2. The largest absolute Gasteiger partial charge is 0.369 e. The van der Waals surface area contributed by atoms with E-state index in [1.807, 2.05) is 18.2 Å². The van der Waals surface area contributed by atoms with E-state index in [9.17, 15) is 8.78 Å². The minimum atomic E-state index is -2.58. The second-order valence-corrected chi connectivity index (χ2v) is 7.89. The van der Waals surface area contributed by atoms with Crippen molar-refractivity contribution in [1.29, 1.82) is 0 Å². The SMILES string of the molecule is CC(C)(C)N1CCN(c2ccc3c4cnccc4n(C(F)F)c3c2)CC1. The Bertz CT molecular complexity index is 934. The number of piperazine rings is 1. The van der Waals surface area contributed by atoms with Crippen LogP contribution in [0, 0.1) is 0 Å². The van der Waals surface area contributed by atoms with Gasteiger partial charge in [-0.25, -0.2) is 0 Å². The van der Waals surface area contributed by atoms with Crippen molar-refractivity contribution in [3.63, 3.8) is 0 Å². The van der Waals surface area contributed by atoms with E-state index in [2.05, 4.69) is 35.6 Å². The molecular weight excluding hydrogens is 334 g/mol. The summed E-state index contributed by atoms with van der Waals surface area (Å²) >= 11 is 0. The minimum absolute atomic E-state index is 0.158. The van der Waals surface area contributed by atoms with Crippen LogP contribution in [0.5, 0.6) is 0 Å². The number of alkyl halides is 2. The molecule has 0 radical (unpaired) electrons. The zero-order valence-corrected chi connectivity index (χ0v) is 15.4. The molecule has 3 aromatic rings. The Kier molecular flexibility index (Phi) is 4.10. The first-order valence-corrected chi connectivity index (χ1v) is 9.02. The molecule has 1 fully saturated rings. The van der Waals surface area contributed by atoms with Gasteiger partial charge in [-0.05, 0) is 39.0 Å². The molecule has 1 saturated heterocycles. The number of rotatable bonds is 2. The maximum atomic E-state index is 13.7. The van der Waals surface area contributed by atoms with Crippen LogP contribution in [0.15, 0.2) is 36.7 Å². The monoisotopic (exact) mass is 358 g/mol. The van der Waals surface area contributed by atoms with E-state index in [1.54, 1.807) is 18.5 Å². The topological polar surface area (TPSA) is 24.3 Å². The van der Waals surface area contributed by atoms with E-state index in [-0.39, 0.29) is 5.54 Å². The molecule has 1 aliphatic rings. The second-order valence-electron chi connectivity index (χ2n) is 7.89. The Morgan fingerprint density at radius 1 is 0.962 bits per heavy atom. The van der Waals surface area contributed by atoms with Gasteiger partial charge in [0.1, 0.15) is 0 Å². The lowest BCUT2D eigenvalue weighted by molar-refractivity contribution is 0.0796. The maximum absolute atomic E-state index is 13.7. The number of hydrogen-bond donors (Lipinski definition) is 0. The van der Waals surface area contributed by atoms with E-state index in [0.717, 1.165) is 47.2 Å². The highest BCUT2D eigenvalue weighted by Crippen LogP contribution is 2.35. The fourth-order valence-electron chi connectivity index (χ4n) is 3.92. The molecule has 3 heterocycles. The van der Waals surface area contributed by atoms with Crippen LogP contribution in [0.4, 0.5) is 14.5 Å². The van der Waals surface area contributed by atoms with Gasteiger partial charge in [0.15, 0.2) is 0 Å². The Balaban J connectivity index is 1.72. The Morgan fingerprint density at radius 2 is 1.69 bits per heavy atom. The van der Waals surface area contributed by atoms with E-state index in [4.69, 9.17) is 0 Å². The first-order valence-electron chi connectivity index (χ1n) is 9.02. The highest BCUT2D eigenvalue weighted by molar-refractivity contribution is 6.08. The molecular formula is C20H24F2N4. The van der Waals surface area contributed by atoms with Gasteiger partial charge < -0.3 is 4.90 Å². The van der Waals surface area contributed by atoms with Crippen molar-refractivity contribution in [3.8, 4) is 0 Å². The Morgan fingerprint density at radius 3 is 2.35 bits per heavy atom. The first kappa shape index (κ1) is 17.2. The zero-order valence-electron chi connectivity index (χ0n) is 15.4. The molecule has 6 heteroatoms. The van der Waals surface area contributed by atoms with Gasteiger partial charge in [0.25, 0.3) is 0 Å². The molecule has 0 aliphatic carbocycles. The first-order chi connectivity index (χ1) is 12.4. The number of hydrogen-bond acceptors (Lipinski definition) is 3. The van der Waals surface area contributed by atoms with Gasteiger partial charge in [0.05, 0.1) is 11.0 Å². The summed E-state index contributed by atoms with van der Waals surface area (Å²) in [5.41, 5.74) is 2.26. The molecule has 1 aliphatic heterocycles. The number of benzene rings is 1. The van der Waals surface area contributed by atoms with E-state index < -0.39 is 6.55 Å². The lowest BCUT2D eigenvalue weighted by Crippen LogP contribution is -2.53. The average Bonchev–Trinajstić information content (AvgIpc) is 2.95. The van der Waals surface area contributed by atoms with Crippen LogP contribution in [0.25, 0.3) is 21.8 Å². The van der Waals surface area contributed by atoms with Crippen LogP contribution >= 0.6 is 0 Å². The van der Waals surface area contributed by atoms with E-state index in [0.29, 0.717) is 11.0 Å². The average molecular weight is 358 g/mol. The van der Waals surface area contributed by atoms with Crippen molar-refractivity contribution >= 4 is 27.5 Å².